The van der Waals surface area contributed by atoms with E-state index in [1.165, 1.54) is 5.56 Å². The largest absolute Gasteiger partial charge is 0.493 e. The number of aliphatic imine (C=N–C) groups is 1. The number of rotatable bonds is 9. The monoisotopic (exact) mass is 537 g/mol. The van der Waals surface area contributed by atoms with E-state index >= 15 is 0 Å². The topological polar surface area (TPSA) is 76.3 Å². The second-order valence-electron chi connectivity index (χ2n) is 10.2. The molecule has 1 aromatic heterocycles. The van der Waals surface area contributed by atoms with Gasteiger partial charge in [0.2, 0.25) is 5.91 Å². The van der Waals surface area contributed by atoms with Crippen LogP contribution in [0, 0.1) is 5.92 Å². The molecule has 2 atom stereocenters. The highest BCUT2D eigenvalue weighted by molar-refractivity contribution is 6.07. The number of fused-ring (bicyclic) bond motifs is 1. The fourth-order valence-corrected chi connectivity index (χ4v) is 5.23. The highest BCUT2D eigenvalue weighted by Crippen LogP contribution is 2.42. The molecule has 1 aliphatic heterocycles. The summed E-state index contributed by atoms with van der Waals surface area (Å²) in [4.78, 5) is 20.8. The average molecular weight is 538 g/mol. The van der Waals surface area contributed by atoms with Gasteiger partial charge >= 0.3 is 0 Å². The highest BCUT2D eigenvalue weighted by atomic mass is 16.5. The van der Waals surface area contributed by atoms with Gasteiger partial charge in [-0.1, -0.05) is 31.2 Å². The number of benzene rings is 3. The Kier molecular flexibility index (Phi) is 7.91. The zero-order valence-corrected chi connectivity index (χ0v) is 23.6. The molecule has 4 aromatic rings. The van der Waals surface area contributed by atoms with E-state index in [1.54, 1.807) is 20.5 Å². The number of nitrogens with one attached hydrogen (secondary N) is 1. The van der Waals surface area contributed by atoms with Gasteiger partial charge in [-0.2, -0.15) is 0 Å². The van der Waals surface area contributed by atoms with Crippen LogP contribution in [0.2, 0.25) is 0 Å². The Bertz CT molecular complexity index is 1510. The fraction of sp³-hybridized carbons (Fsp3) is 0.273. The van der Waals surface area contributed by atoms with Gasteiger partial charge in [-0.15, -0.1) is 0 Å². The third kappa shape index (κ3) is 5.45. The first-order chi connectivity index (χ1) is 19.4. The van der Waals surface area contributed by atoms with Gasteiger partial charge in [-0.25, -0.2) is 4.99 Å². The Labute approximate surface area is 235 Å². The maximum atomic E-state index is 13.8. The first-order valence-electron chi connectivity index (χ1n) is 13.4. The van der Waals surface area contributed by atoms with Gasteiger partial charge < -0.3 is 24.1 Å². The molecule has 0 saturated heterocycles. The van der Waals surface area contributed by atoms with Crippen molar-refractivity contribution in [1.29, 1.82) is 0 Å². The van der Waals surface area contributed by atoms with Crippen LogP contribution < -0.4 is 19.7 Å². The normalized spacial score (nSPS) is 16.1. The number of nitrogens with zero attached hydrogens (tertiary/aromatic N) is 2. The Balaban J connectivity index is 1.44. The molecule has 7 nitrogen and oxygen atoms in total. The zero-order valence-electron chi connectivity index (χ0n) is 23.6. The molecule has 7 heteroatoms. The minimum atomic E-state index is -0.427. The van der Waals surface area contributed by atoms with Crippen molar-refractivity contribution >= 4 is 23.0 Å². The Hall–Kier alpha value is -4.52. The lowest BCUT2D eigenvalue weighted by Crippen LogP contribution is -2.38. The van der Waals surface area contributed by atoms with E-state index in [2.05, 4.69) is 40.5 Å². The molecule has 1 N–H and O–H groups in total. The highest BCUT2D eigenvalue weighted by Gasteiger charge is 2.37. The number of anilines is 1. The van der Waals surface area contributed by atoms with Crippen molar-refractivity contribution < 1.29 is 18.7 Å². The fourth-order valence-electron chi connectivity index (χ4n) is 5.23. The lowest BCUT2D eigenvalue weighted by atomic mass is 9.78. The van der Waals surface area contributed by atoms with E-state index in [1.807, 2.05) is 63.5 Å². The van der Waals surface area contributed by atoms with E-state index in [0.29, 0.717) is 23.8 Å². The van der Waals surface area contributed by atoms with E-state index in [9.17, 15) is 4.79 Å². The Morgan fingerprint density at radius 1 is 0.950 bits per heavy atom. The summed E-state index contributed by atoms with van der Waals surface area (Å²) in [6.45, 7) is 2.58. The SMILES string of the molecule is COc1ccc(-c2ccc3c(c2)C(C(=O)NCCc2ccc(N(C)C)cc2)C(C)C(c2ccco2)=N3)cc1OC. The molecule has 1 amide bonds. The molecule has 0 radical (unpaired) electrons. The molecule has 5 rings (SSSR count). The number of ether oxygens (including phenoxy) is 2. The molecule has 0 aliphatic carbocycles. The third-order valence-electron chi connectivity index (χ3n) is 7.47. The lowest BCUT2D eigenvalue weighted by Gasteiger charge is -2.30. The number of amides is 1. The van der Waals surface area contributed by atoms with Crippen LogP contribution >= 0.6 is 0 Å². The van der Waals surface area contributed by atoms with Gasteiger partial charge in [0.05, 0.1) is 37.8 Å². The first-order valence-corrected chi connectivity index (χ1v) is 13.4. The molecule has 3 aromatic carbocycles. The number of carbonyl (C=O) groups is 1. The minimum absolute atomic E-state index is 0.0259. The zero-order chi connectivity index (χ0) is 28.2. The Morgan fingerprint density at radius 3 is 2.35 bits per heavy atom. The smallest absolute Gasteiger partial charge is 0.228 e. The van der Waals surface area contributed by atoms with Crippen LogP contribution in [0.15, 0.2) is 88.5 Å². The van der Waals surface area contributed by atoms with Crippen LogP contribution in [-0.2, 0) is 11.2 Å². The van der Waals surface area contributed by atoms with Crippen LogP contribution in [0.3, 0.4) is 0 Å². The molecule has 40 heavy (non-hydrogen) atoms. The molecule has 0 bridgehead atoms. The van der Waals surface area contributed by atoms with E-state index in [0.717, 1.165) is 40.2 Å². The van der Waals surface area contributed by atoms with Crippen molar-refractivity contribution in [3.05, 3.63) is 95.9 Å². The predicted octanol–water partition coefficient (Wildman–Crippen LogP) is 6.24. The van der Waals surface area contributed by atoms with Crippen molar-refractivity contribution in [2.45, 2.75) is 19.3 Å². The predicted molar refractivity (Wildman–Crippen MR) is 159 cm³/mol. The second kappa shape index (κ2) is 11.7. The molecule has 206 valence electrons. The van der Waals surface area contributed by atoms with E-state index in [4.69, 9.17) is 18.9 Å². The number of furan rings is 1. The van der Waals surface area contributed by atoms with Crippen LogP contribution in [-0.4, -0.2) is 46.5 Å². The molecule has 2 unspecified atom stereocenters. The first kappa shape index (κ1) is 27.1. The van der Waals surface area contributed by atoms with Gasteiger partial charge in [-0.3, -0.25) is 4.79 Å². The van der Waals surface area contributed by atoms with E-state index < -0.39 is 5.92 Å². The summed E-state index contributed by atoms with van der Waals surface area (Å²) in [5.74, 6) is 1.36. The summed E-state index contributed by atoms with van der Waals surface area (Å²) in [5.41, 5.74) is 6.70. The standard InChI is InChI=1S/C33H35N3O4/c1-21-31(33(37)34-17-16-22-8-12-25(13-9-22)36(2)3)26-19-23(24-11-15-28(38-4)30(20-24)39-5)10-14-27(26)35-32(21)29-7-6-18-40-29/h6-15,18-21,31H,16-17H2,1-5H3,(H,34,37). The summed E-state index contributed by atoms with van der Waals surface area (Å²) in [5, 5.41) is 3.20. The molecule has 2 heterocycles. The van der Waals surface area contributed by atoms with Gasteiger partial charge in [0.25, 0.3) is 0 Å². The quantitative estimate of drug-likeness (QED) is 0.273. The van der Waals surface area contributed by atoms with Crippen LogP contribution in [0.1, 0.15) is 29.7 Å². The van der Waals surface area contributed by atoms with Gasteiger partial charge in [0.1, 0.15) is 5.76 Å². The summed E-state index contributed by atoms with van der Waals surface area (Å²) in [6.07, 6.45) is 2.38. The number of methoxy groups -OCH3 is 2. The average Bonchev–Trinajstić information content (AvgIpc) is 3.51. The van der Waals surface area contributed by atoms with Crippen LogP contribution in [0.25, 0.3) is 11.1 Å². The van der Waals surface area contributed by atoms with Crippen molar-refractivity contribution in [2.24, 2.45) is 10.9 Å². The maximum absolute atomic E-state index is 13.8. The third-order valence-corrected chi connectivity index (χ3v) is 7.47. The summed E-state index contributed by atoms with van der Waals surface area (Å²) in [7, 11) is 7.29. The molecule has 0 saturated carbocycles. The van der Waals surface area contributed by atoms with Gasteiger partial charge in [-0.05, 0) is 77.2 Å². The number of hydrogen-bond donors (Lipinski definition) is 1. The van der Waals surface area contributed by atoms with Crippen molar-refractivity contribution in [1.82, 2.24) is 5.32 Å². The summed E-state index contributed by atoms with van der Waals surface area (Å²) >= 11 is 0. The molecule has 0 fully saturated rings. The van der Waals surface area contributed by atoms with Crippen LogP contribution in [0.4, 0.5) is 11.4 Å². The van der Waals surface area contributed by atoms with E-state index in [-0.39, 0.29) is 11.8 Å². The molecular formula is C33H35N3O4. The molecule has 0 spiro atoms. The van der Waals surface area contributed by atoms with Crippen molar-refractivity contribution in [3.8, 4) is 22.6 Å². The van der Waals surface area contributed by atoms with Crippen LogP contribution in [0.5, 0.6) is 11.5 Å². The van der Waals surface area contributed by atoms with Crippen molar-refractivity contribution in [2.75, 3.05) is 39.8 Å². The maximum Gasteiger partial charge on any atom is 0.228 e. The number of hydrogen-bond acceptors (Lipinski definition) is 6. The second-order valence-corrected chi connectivity index (χ2v) is 10.2. The summed E-state index contributed by atoms with van der Waals surface area (Å²) in [6, 6.07) is 24.0. The Morgan fingerprint density at radius 2 is 1.68 bits per heavy atom. The summed E-state index contributed by atoms with van der Waals surface area (Å²) < 4.78 is 16.6. The lowest BCUT2D eigenvalue weighted by molar-refractivity contribution is -0.123. The molecular weight excluding hydrogens is 502 g/mol. The van der Waals surface area contributed by atoms with Crippen molar-refractivity contribution in [3.63, 3.8) is 0 Å². The van der Waals surface area contributed by atoms with Gasteiger partial charge in [0.15, 0.2) is 11.5 Å². The number of carbonyl (C=O) groups excluding carboxylic acids is 1. The minimum Gasteiger partial charge on any atom is -0.493 e. The molecule has 1 aliphatic rings. The van der Waals surface area contributed by atoms with Gasteiger partial charge in [0, 0.05) is 32.2 Å².